The normalized spacial score (nSPS) is 25.9. The van der Waals surface area contributed by atoms with Crippen molar-refractivity contribution in [1.82, 2.24) is 30.7 Å². The maximum absolute atomic E-state index is 14.8. The van der Waals surface area contributed by atoms with Crippen molar-refractivity contribution in [3.05, 3.63) is 36.8 Å². The molecular weight excluding hydrogens is 373 g/mol. The number of benzene rings is 1. The number of anilines is 1. The Morgan fingerprint density at radius 1 is 1.17 bits per heavy atom. The third kappa shape index (κ3) is 3.21. The summed E-state index contributed by atoms with van der Waals surface area (Å²) in [6.45, 7) is 0. The maximum Gasteiger partial charge on any atom is 0.245 e. The van der Waals surface area contributed by atoms with Crippen molar-refractivity contribution in [2.24, 2.45) is 0 Å². The van der Waals surface area contributed by atoms with Gasteiger partial charge in [-0.1, -0.05) is 6.07 Å². The SMILES string of the molecule is CN(c1ncc(-c2ccc(-c3cn[nH]c3)cc2O)nn1)[C@H]1C[C@@H]2CC[C@@H](N2)[C@H]1F. The van der Waals surface area contributed by atoms with E-state index in [-0.39, 0.29) is 17.8 Å². The summed E-state index contributed by atoms with van der Waals surface area (Å²) in [6, 6.07) is 5.32. The molecule has 2 bridgehead atoms. The molecule has 0 spiro atoms. The zero-order valence-electron chi connectivity index (χ0n) is 16.0. The summed E-state index contributed by atoms with van der Waals surface area (Å²) >= 11 is 0. The van der Waals surface area contributed by atoms with Crippen LogP contribution in [-0.4, -0.2) is 61.8 Å². The molecule has 2 aromatic heterocycles. The van der Waals surface area contributed by atoms with Crippen molar-refractivity contribution in [2.45, 2.75) is 43.6 Å². The average molecular weight is 395 g/mol. The minimum Gasteiger partial charge on any atom is -0.507 e. The molecule has 0 saturated carbocycles. The van der Waals surface area contributed by atoms with Gasteiger partial charge in [0.1, 0.15) is 17.6 Å². The highest BCUT2D eigenvalue weighted by molar-refractivity contribution is 5.73. The van der Waals surface area contributed by atoms with Gasteiger partial charge in [0, 0.05) is 36.5 Å². The van der Waals surface area contributed by atoms with Gasteiger partial charge in [-0.3, -0.25) is 5.10 Å². The number of fused-ring (bicyclic) bond motifs is 2. The molecule has 8 nitrogen and oxygen atoms in total. The largest absolute Gasteiger partial charge is 0.507 e. The van der Waals surface area contributed by atoms with Crippen LogP contribution in [0.1, 0.15) is 19.3 Å². The molecule has 4 heterocycles. The Morgan fingerprint density at radius 3 is 2.79 bits per heavy atom. The molecule has 9 heteroatoms. The first kappa shape index (κ1) is 18.0. The molecule has 2 saturated heterocycles. The highest BCUT2D eigenvalue weighted by Crippen LogP contribution is 2.34. The highest BCUT2D eigenvalue weighted by atomic mass is 19.1. The first-order valence-electron chi connectivity index (χ1n) is 9.75. The molecule has 0 amide bonds. The lowest BCUT2D eigenvalue weighted by Crippen LogP contribution is -2.55. The molecule has 2 fully saturated rings. The fourth-order valence-electron chi connectivity index (χ4n) is 4.39. The topological polar surface area (TPSA) is 103 Å². The number of aromatic hydroxyl groups is 1. The van der Waals surface area contributed by atoms with Crippen LogP contribution in [0.4, 0.5) is 10.3 Å². The van der Waals surface area contributed by atoms with Gasteiger partial charge in [-0.05, 0) is 37.0 Å². The van der Waals surface area contributed by atoms with E-state index in [1.807, 2.05) is 13.1 Å². The standard InChI is InChI=1S/C20H22FN7O/c1-28(17-7-13-3-5-15(25-13)19(17)21)20-22-10-16(26-27-20)14-4-2-11(6-18(14)29)12-8-23-24-9-12/h2,4,6,8-10,13,15,17,19,25,29H,3,5,7H2,1H3,(H,23,24)/t13-,15+,17-,19+/m0/s1. The quantitative estimate of drug-likeness (QED) is 0.623. The van der Waals surface area contributed by atoms with Crippen LogP contribution in [0.5, 0.6) is 5.75 Å². The predicted octanol–water partition coefficient (Wildman–Crippen LogP) is 2.30. The summed E-state index contributed by atoms with van der Waals surface area (Å²) in [5.41, 5.74) is 2.71. The summed E-state index contributed by atoms with van der Waals surface area (Å²) in [5.74, 6) is 0.469. The number of hydrogen-bond donors (Lipinski definition) is 3. The monoisotopic (exact) mass is 395 g/mol. The summed E-state index contributed by atoms with van der Waals surface area (Å²) in [5, 5.41) is 28.9. The fraction of sp³-hybridized carbons (Fsp3) is 0.400. The second kappa shape index (κ2) is 7.07. The van der Waals surface area contributed by atoms with Gasteiger partial charge in [-0.25, -0.2) is 9.37 Å². The van der Waals surface area contributed by atoms with Crippen LogP contribution in [0, 0.1) is 0 Å². The number of H-pyrrole nitrogens is 1. The molecule has 5 rings (SSSR count). The van der Waals surface area contributed by atoms with Crippen LogP contribution in [0.15, 0.2) is 36.8 Å². The van der Waals surface area contributed by atoms with Gasteiger partial charge in [0.05, 0.1) is 18.4 Å². The molecule has 0 radical (unpaired) electrons. The van der Waals surface area contributed by atoms with Gasteiger partial charge < -0.3 is 15.3 Å². The third-order valence-electron chi connectivity index (χ3n) is 6.02. The number of phenols is 1. The van der Waals surface area contributed by atoms with Crippen LogP contribution >= 0.6 is 0 Å². The van der Waals surface area contributed by atoms with E-state index in [0.29, 0.717) is 23.2 Å². The van der Waals surface area contributed by atoms with E-state index in [1.54, 1.807) is 35.6 Å². The Labute approximate surface area is 167 Å². The lowest BCUT2D eigenvalue weighted by Gasteiger charge is -2.38. The van der Waals surface area contributed by atoms with Crippen molar-refractivity contribution in [1.29, 1.82) is 0 Å². The summed E-state index contributed by atoms with van der Waals surface area (Å²) in [6.07, 6.45) is 6.67. The van der Waals surface area contributed by atoms with E-state index in [4.69, 9.17) is 0 Å². The van der Waals surface area contributed by atoms with Crippen molar-refractivity contribution >= 4 is 5.95 Å². The van der Waals surface area contributed by atoms with E-state index in [1.165, 1.54) is 0 Å². The Hall–Kier alpha value is -3.07. The fourth-order valence-corrected chi connectivity index (χ4v) is 4.39. The van der Waals surface area contributed by atoms with Crippen LogP contribution in [0.25, 0.3) is 22.4 Å². The van der Waals surface area contributed by atoms with Crippen molar-refractivity contribution < 1.29 is 9.50 Å². The van der Waals surface area contributed by atoms with Gasteiger partial charge in [0.25, 0.3) is 0 Å². The van der Waals surface area contributed by atoms with E-state index >= 15 is 0 Å². The molecule has 0 unspecified atom stereocenters. The first-order valence-corrected chi connectivity index (χ1v) is 9.75. The Kier molecular flexibility index (Phi) is 4.39. The number of aromatic nitrogens is 5. The predicted molar refractivity (Wildman–Crippen MR) is 106 cm³/mol. The molecule has 0 aliphatic carbocycles. The molecule has 3 N–H and O–H groups in total. The molecule has 29 heavy (non-hydrogen) atoms. The highest BCUT2D eigenvalue weighted by Gasteiger charge is 2.44. The molecule has 2 aliphatic rings. The van der Waals surface area contributed by atoms with Gasteiger partial charge in [-0.2, -0.15) is 5.10 Å². The van der Waals surface area contributed by atoms with Gasteiger partial charge in [0.15, 0.2) is 0 Å². The summed E-state index contributed by atoms with van der Waals surface area (Å²) < 4.78 is 14.8. The van der Waals surface area contributed by atoms with E-state index in [9.17, 15) is 9.50 Å². The minimum atomic E-state index is -0.957. The average Bonchev–Trinajstić information content (AvgIpc) is 3.41. The Balaban J connectivity index is 1.36. The third-order valence-corrected chi connectivity index (χ3v) is 6.02. The van der Waals surface area contributed by atoms with Crippen molar-refractivity contribution in [3.63, 3.8) is 0 Å². The Morgan fingerprint density at radius 2 is 2.07 bits per heavy atom. The van der Waals surface area contributed by atoms with Gasteiger partial charge in [-0.15, -0.1) is 10.2 Å². The van der Waals surface area contributed by atoms with Gasteiger partial charge in [0.2, 0.25) is 5.95 Å². The number of phenolic OH excluding ortho intramolecular Hbond substituents is 1. The van der Waals surface area contributed by atoms with Crippen LogP contribution < -0.4 is 10.2 Å². The molecule has 2 aliphatic heterocycles. The first-order chi connectivity index (χ1) is 14.1. The number of halogens is 1. The number of nitrogens with one attached hydrogen (secondary N) is 2. The zero-order chi connectivity index (χ0) is 20.0. The maximum atomic E-state index is 14.8. The number of hydrogen-bond acceptors (Lipinski definition) is 7. The van der Waals surface area contributed by atoms with Crippen LogP contribution in [0.2, 0.25) is 0 Å². The van der Waals surface area contributed by atoms with Crippen LogP contribution in [-0.2, 0) is 0 Å². The zero-order valence-corrected chi connectivity index (χ0v) is 16.0. The summed E-state index contributed by atoms with van der Waals surface area (Å²) in [4.78, 5) is 6.17. The summed E-state index contributed by atoms with van der Waals surface area (Å²) in [7, 11) is 1.82. The second-order valence-corrected chi connectivity index (χ2v) is 7.77. The molecule has 4 atom stereocenters. The van der Waals surface area contributed by atoms with E-state index in [0.717, 1.165) is 30.4 Å². The molecular formula is C20H22FN7O. The lowest BCUT2D eigenvalue weighted by molar-refractivity contribution is 0.175. The van der Waals surface area contributed by atoms with E-state index in [2.05, 4.69) is 30.7 Å². The molecule has 1 aromatic carbocycles. The number of alkyl halides is 1. The van der Waals surface area contributed by atoms with Crippen molar-refractivity contribution in [3.8, 4) is 28.1 Å². The lowest BCUT2D eigenvalue weighted by atomic mass is 9.97. The molecule has 150 valence electrons. The number of rotatable bonds is 4. The minimum absolute atomic E-state index is 0.0830. The number of piperidine rings is 1. The molecule has 3 aromatic rings. The van der Waals surface area contributed by atoms with Crippen molar-refractivity contribution in [2.75, 3.05) is 11.9 Å². The van der Waals surface area contributed by atoms with Crippen LogP contribution in [0.3, 0.4) is 0 Å². The number of aromatic amines is 1. The second-order valence-electron chi connectivity index (χ2n) is 7.77. The number of nitrogens with zero attached hydrogens (tertiary/aromatic N) is 5. The van der Waals surface area contributed by atoms with E-state index < -0.39 is 6.17 Å². The smallest absolute Gasteiger partial charge is 0.245 e. The van der Waals surface area contributed by atoms with Gasteiger partial charge >= 0.3 is 0 Å². The Bertz CT molecular complexity index is 995.